The van der Waals surface area contributed by atoms with Crippen LogP contribution >= 0.6 is 0 Å². The van der Waals surface area contributed by atoms with Crippen LogP contribution in [0.1, 0.15) is 30.5 Å². The zero-order valence-electron chi connectivity index (χ0n) is 15.4. The average molecular weight is 362 g/mol. The molecule has 0 saturated carbocycles. The van der Waals surface area contributed by atoms with E-state index in [0.29, 0.717) is 12.2 Å². The summed E-state index contributed by atoms with van der Waals surface area (Å²) in [7, 11) is 0. The van der Waals surface area contributed by atoms with E-state index in [1.165, 1.54) is 12.2 Å². The fraction of sp³-hybridized carbons (Fsp3) is 0.130. The molecule has 4 heteroatoms. The monoisotopic (exact) mass is 362 g/mol. The van der Waals surface area contributed by atoms with Gasteiger partial charge in [0.25, 0.3) is 0 Å². The van der Waals surface area contributed by atoms with Gasteiger partial charge in [-0.25, -0.2) is 9.59 Å². The van der Waals surface area contributed by atoms with Gasteiger partial charge in [-0.2, -0.15) is 0 Å². The summed E-state index contributed by atoms with van der Waals surface area (Å²) in [6, 6.07) is 14.7. The molecule has 4 nitrogen and oxygen atoms in total. The van der Waals surface area contributed by atoms with E-state index >= 15 is 0 Å². The van der Waals surface area contributed by atoms with Crippen molar-refractivity contribution in [1.82, 2.24) is 0 Å². The number of hydrogen-bond acceptors (Lipinski definition) is 3. The molecule has 0 bridgehead atoms. The third-order valence-corrected chi connectivity index (χ3v) is 3.66. The number of carboxylic acid groups (broad SMARTS) is 1. The summed E-state index contributed by atoms with van der Waals surface area (Å²) in [5.41, 5.74) is 3.59. The minimum absolute atomic E-state index is 0.461. The van der Waals surface area contributed by atoms with Crippen LogP contribution in [0.2, 0.25) is 0 Å². The van der Waals surface area contributed by atoms with Crippen LogP contribution in [-0.4, -0.2) is 17.0 Å². The zero-order valence-corrected chi connectivity index (χ0v) is 15.4. The van der Waals surface area contributed by atoms with Crippen molar-refractivity contribution in [3.8, 4) is 5.75 Å². The summed E-state index contributed by atoms with van der Waals surface area (Å²) in [5, 5.41) is 8.77. The predicted molar refractivity (Wildman–Crippen MR) is 107 cm³/mol. The Labute approximate surface area is 159 Å². The Balaban J connectivity index is 2.20. The van der Waals surface area contributed by atoms with Crippen LogP contribution in [-0.2, 0) is 16.0 Å². The highest BCUT2D eigenvalue weighted by Gasteiger charge is 2.08. The van der Waals surface area contributed by atoms with Gasteiger partial charge in [-0.3, -0.25) is 0 Å². The van der Waals surface area contributed by atoms with E-state index in [4.69, 9.17) is 9.84 Å². The number of rotatable bonds is 7. The molecule has 0 radical (unpaired) electrons. The smallest absolute Gasteiger partial charge is 0.336 e. The van der Waals surface area contributed by atoms with Crippen molar-refractivity contribution < 1.29 is 19.4 Å². The summed E-state index contributed by atoms with van der Waals surface area (Å²) in [4.78, 5) is 22.9. The first kappa shape index (κ1) is 19.9. The Hall–Kier alpha value is -3.40. The van der Waals surface area contributed by atoms with Crippen LogP contribution < -0.4 is 4.74 Å². The van der Waals surface area contributed by atoms with Gasteiger partial charge in [-0.15, -0.1) is 0 Å². The van der Waals surface area contributed by atoms with Crippen LogP contribution in [0.25, 0.3) is 12.2 Å². The standard InChI is InChI=1S/C23H22O4/c1-17(2)8-12-20-16-19(10-14-22(24)25)9-13-21(20)27-23(26)15-11-18-6-4-3-5-7-18/h3-11,13-16H,12H2,1-2H3,(H,24,25)/b14-10+,15-11+. The van der Waals surface area contributed by atoms with Gasteiger partial charge in [-0.05, 0) is 61.2 Å². The highest BCUT2D eigenvalue weighted by molar-refractivity contribution is 5.89. The maximum absolute atomic E-state index is 12.2. The third-order valence-electron chi connectivity index (χ3n) is 3.66. The largest absolute Gasteiger partial charge is 0.478 e. The first-order valence-corrected chi connectivity index (χ1v) is 8.56. The van der Waals surface area contributed by atoms with Gasteiger partial charge in [0.05, 0.1) is 0 Å². The summed E-state index contributed by atoms with van der Waals surface area (Å²) in [5.74, 6) is -1.02. The molecule has 0 spiro atoms. The number of carboxylic acids is 1. The van der Waals surface area contributed by atoms with Crippen molar-refractivity contribution in [2.24, 2.45) is 0 Å². The first-order valence-electron chi connectivity index (χ1n) is 8.56. The number of ether oxygens (including phenoxy) is 1. The minimum Gasteiger partial charge on any atom is -0.478 e. The Morgan fingerprint density at radius 2 is 1.67 bits per heavy atom. The quantitative estimate of drug-likeness (QED) is 0.329. The number of hydrogen-bond donors (Lipinski definition) is 1. The van der Waals surface area contributed by atoms with E-state index in [1.807, 2.05) is 56.3 Å². The Bertz CT molecular complexity index is 886. The highest BCUT2D eigenvalue weighted by Crippen LogP contribution is 2.23. The SMILES string of the molecule is CC(C)=CCc1cc(/C=C/C(=O)O)ccc1OC(=O)/C=C/c1ccccc1. The van der Waals surface area contributed by atoms with Gasteiger partial charge >= 0.3 is 11.9 Å². The molecule has 27 heavy (non-hydrogen) atoms. The van der Waals surface area contributed by atoms with Crippen molar-refractivity contribution in [3.63, 3.8) is 0 Å². The molecule has 0 aliphatic carbocycles. The fourth-order valence-corrected chi connectivity index (χ4v) is 2.31. The Kier molecular flexibility index (Phi) is 7.32. The van der Waals surface area contributed by atoms with Crippen molar-refractivity contribution in [3.05, 3.63) is 89.0 Å². The van der Waals surface area contributed by atoms with Gasteiger partial charge in [0.2, 0.25) is 0 Å². The van der Waals surface area contributed by atoms with E-state index in [-0.39, 0.29) is 0 Å². The summed E-state index contributed by atoms with van der Waals surface area (Å²) < 4.78 is 5.48. The van der Waals surface area contributed by atoms with E-state index in [2.05, 4.69) is 0 Å². The van der Waals surface area contributed by atoms with Crippen LogP contribution in [0.5, 0.6) is 5.75 Å². The lowest BCUT2D eigenvalue weighted by Crippen LogP contribution is -2.06. The summed E-state index contributed by atoms with van der Waals surface area (Å²) in [6.45, 7) is 3.98. The summed E-state index contributed by atoms with van der Waals surface area (Å²) >= 11 is 0. The van der Waals surface area contributed by atoms with Crippen LogP contribution in [0.15, 0.2) is 72.3 Å². The van der Waals surface area contributed by atoms with Crippen LogP contribution in [0, 0.1) is 0 Å². The number of benzene rings is 2. The molecule has 0 heterocycles. The molecule has 138 valence electrons. The average Bonchev–Trinajstić information content (AvgIpc) is 2.65. The molecule has 0 atom stereocenters. The lowest BCUT2D eigenvalue weighted by molar-refractivity contribution is -0.131. The number of carbonyl (C=O) groups is 2. The van der Waals surface area contributed by atoms with E-state index in [9.17, 15) is 9.59 Å². The lowest BCUT2D eigenvalue weighted by Gasteiger charge is -2.09. The molecule has 2 aromatic rings. The molecule has 0 unspecified atom stereocenters. The second-order valence-electron chi connectivity index (χ2n) is 6.19. The van der Waals surface area contributed by atoms with Gasteiger partial charge in [-0.1, -0.05) is 48.0 Å². The molecule has 0 aliphatic rings. The van der Waals surface area contributed by atoms with Crippen molar-refractivity contribution in [2.75, 3.05) is 0 Å². The number of esters is 1. The molecule has 2 rings (SSSR count). The van der Waals surface area contributed by atoms with Gasteiger partial charge in [0, 0.05) is 12.2 Å². The zero-order chi connectivity index (χ0) is 19.6. The molecule has 0 saturated heterocycles. The molecular formula is C23H22O4. The minimum atomic E-state index is -1.01. The summed E-state index contributed by atoms with van der Waals surface area (Å²) in [6.07, 6.45) is 8.28. The van der Waals surface area contributed by atoms with E-state index in [0.717, 1.165) is 28.3 Å². The molecule has 0 fully saturated rings. The molecule has 2 aromatic carbocycles. The lowest BCUT2D eigenvalue weighted by atomic mass is 10.0. The van der Waals surface area contributed by atoms with Gasteiger partial charge in [0.1, 0.15) is 5.75 Å². The maximum Gasteiger partial charge on any atom is 0.336 e. The normalized spacial score (nSPS) is 10.9. The van der Waals surface area contributed by atoms with Crippen LogP contribution in [0.4, 0.5) is 0 Å². The van der Waals surface area contributed by atoms with Crippen LogP contribution in [0.3, 0.4) is 0 Å². The molecular weight excluding hydrogens is 340 g/mol. The molecule has 0 aliphatic heterocycles. The van der Waals surface area contributed by atoms with Crippen molar-refractivity contribution >= 4 is 24.1 Å². The number of aliphatic carboxylic acids is 1. The molecule has 0 aromatic heterocycles. The highest BCUT2D eigenvalue weighted by atomic mass is 16.5. The van der Waals surface area contributed by atoms with Crippen molar-refractivity contribution in [1.29, 1.82) is 0 Å². The van der Waals surface area contributed by atoms with E-state index in [1.54, 1.807) is 18.2 Å². The Morgan fingerprint density at radius 1 is 0.963 bits per heavy atom. The van der Waals surface area contributed by atoms with E-state index < -0.39 is 11.9 Å². The second-order valence-corrected chi connectivity index (χ2v) is 6.19. The molecule has 1 N–H and O–H groups in total. The first-order chi connectivity index (χ1) is 12.9. The molecule has 0 amide bonds. The van der Waals surface area contributed by atoms with Crippen molar-refractivity contribution in [2.45, 2.75) is 20.3 Å². The topological polar surface area (TPSA) is 63.6 Å². The van der Waals surface area contributed by atoms with Gasteiger partial charge in [0.15, 0.2) is 0 Å². The predicted octanol–water partition coefficient (Wildman–Crippen LogP) is 4.91. The third kappa shape index (κ3) is 7.16. The fourth-order valence-electron chi connectivity index (χ4n) is 2.31. The Morgan fingerprint density at radius 3 is 2.33 bits per heavy atom. The number of allylic oxidation sites excluding steroid dienone is 2. The number of carbonyl (C=O) groups excluding carboxylic acids is 1. The van der Waals surface area contributed by atoms with Gasteiger partial charge < -0.3 is 9.84 Å². The maximum atomic E-state index is 12.2. The second kappa shape index (κ2) is 9.92.